The minimum Gasteiger partial charge on any atom is -0.367 e. The van der Waals surface area contributed by atoms with Crippen LogP contribution in [0.5, 0.6) is 0 Å². The topological polar surface area (TPSA) is 35.8 Å². The number of nitriles is 1. The number of nitrogens with zero attached hydrogens (tertiary/aromatic N) is 1. The third kappa shape index (κ3) is 2.04. The fourth-order valence-corrected chi connectivity index (χ4v) is 2.51. The molecule has 0 spiro atoms. The van der Waals surface area contributed by atoms with Gasteiger partial charge in [-0.15, -0.1) is 0 Å². The van der Waals surface area contributed by atoms with Crippen molar-refractivity contribution in [3.05, 3.63) is 29.8 Å². The Morgan fingerprint density at radius 3 is 2.75 bits per heavy atom. The molecule has 0 aliphatic heterocycles. The van der Waals surface area contributed by atoms with Gasteiger partial charge in [-0.3, -0.25) is 0 Å². The summed E-state index contributed by atoms with van der Waals surface area (Å²) < 4.78 is 0. The molecular weight excluding hydrogens is 196 g/mol. The van der Waals surface area contributed by atoms with Gasteiger partial charge in [0.25, 0.3) is 0 Å². The van der Waals surface area contributed by atoms with Crippen molar-refractivity contribution in [2.75, 3.05) is 5.32 Å². The van der Waals surface area contributed by atoms with Gasteiger partial charge in [0.15, 0.2) is 0 Å². The van der Waals surface area contributed by atoms with Crippen molar-refractivity contribution in [2.24, 2.45) is 5.92 Å². The maximum absolute atomic E-state index is 9.37. The lowest BCUT2D eigenvalue weighted by molar-refractivity contribution is 0.558. The van der Waals surface area contributed by atoms with Crippen LogP contribution in [-0.4, -0.2) is 5.54 Å². The van der Waals surface area contributed by atoms with E-state index in [4.69, 9.17) is 0 Å². The normalized spacial score (nSPS) is 28.7. The second kappa shape index (κ2) is 4.17. The molecule has 1 N–H and O–H groups in total. The van der Waals surface area contributed by atoms with E-state index in [2.05, 4.69) is 37.4 Å². The fourth-order valence-electron chi connectivity index (χ4n) is 2.51. The van der Waals surface area contributed by atoms with Gasteiger partial charge in [-0.1, -0.05) is 25.1 Å². The largest absolute Gasteiger partial charge is 0.367 e. The minimum absolute atomic E-state index is 0.342. The number of rotatable bonds is 2. The zero-order chi connectivity index (χ0) is 11.6. The highest BCUT2D eigenvalue weighted by Gasteiger charge is 2.37. The van der Waals surface area contributed by atoms with Crippen molar-refractivity contribution < 1.29 is 0 Å². The maximum Gasteiger partial charge on any atom is 0.125 e. The molecule has 1 saturated carbocycles. The Labute approximate surface area is 97.3 Å². The minimum atomic E-state index is -0.342. The molecule has 0 amide bonds. The van der Waals surface area contributed by atoms with Gasteiger partial charge in [-0.05, 0) is 43.7 Å². The van der Waals surface area contributed by atoms with Crippen molar-refractivity contribution in [2.45, 2.75) is 38.6 Å². The summed E-state index contributed by atoms with van der Waals surface area (Å²) in [4.78, 5) is 0. The molecule has 0 saturated heterocycles. The van der Waals surface area contributed by atoms with Crippen LogP contribution in [-0.2, 0) is 0 Å². The molecule has 16 heavy (non-hydrogen) atoms. The summed E-state index contributed by atoms with van der Waals surface area (Å²) in [7, 11) is 0. The third-order valence-corrected chi connectivity index (χ3v) is 3.49. The number of hydrogen-bond donors (Lipinski definition) is 1. The quantitative estimate of drug-likeness (QED) is 0.818. The van der Waals surface area contributed by atoms with Crippen LogP contribution in [0.1, 0.15) is 31.7 Å². The lowest BCUT2D eigenvalue weighted by atomic mass is 9.97. The third-order valence-electron chi connectivity index (χ3n) is 3.49. The molecule has 2 unspecified atom stereocenters. The Kier molecular flexibility index (Phi) is 2.87. The SMILES string of the molecule is Cc1ccccc1NC1(C#N)CCC(C)C1. The lowest BCUT2D eigenvalue weighted by Crippen LogP contribution is -2.33. The Balaban J connectivity index is 2.21. The first kappa shape index (κ1) is 11.0. The molecule has 2 atom stereocenters. The first-order valence-corrected chi connectivity index (χ1v) is 5.90. The monoisotopic (exact) mass is 214 g/mol. The van der Waals surface area contributed by atoms with Crippen molar-refractivity contribution in [3.8, 4) is 6.07 Å². The number of para-hydroxylation sites is 1. The van der Waals surface area contributed by atoms with E-state index >= 15 is 0 Å². The Morgan fingerprint density at radius 2 is 2.19 bits per heavy atom. The van der Waals surface area contributed by atoms with Gasteiger partial charge in [0, 0.05) is 5.69 Å². The van der Waals surface area contributed by atoms with E-state index in [0.29, 0.717) is 5.92 Å². The molecular formula is C14H18N2. The molecule has 1 aliphatic carbocycles. The van der Waals surface area contributed by atoms with Crippen LogP contribution in [0.3, 0.4) is 0 Å². The molecule has 84 valence electrons. The summed E-state index contributed by atoms with van der Waals surface area (Å²) in [6.45, 7) is 4.30. The van der Waals surface area contributed by atoms with Crippen LogP contribution in [0.4, 0.5) is 5.69 Å². The fraction of sp³-hybridized carbons (Fsp3) is 0.500. The van der Waals surface area contributed by atoms with Crippen LogP contribution >= 0.6 is 0 Å². The van der Waals surface area contributed by atoms with Crippen LogP contribution in [0.15, 0.2) is 24.3 Å². The zero-order valence-electron chi connectivity index (χ0n) is 9.96. The smallest absolute Gasteiger partial charge is 0.125 e. The van der Waals surface area contributed by atoms with E-state index in [-0.39, 0.29) is 5.54 Å². The Hall–Kier alpha value is -1.49. The van der Waals surface area contributed by atoms with Crippen molar-refractivity contribution in [3.63, 3.8) is 0 Å². The summed E-state index contributed by atoms with van der Waals surface area (Å²) >= 11 is 0. The number of aryl methyl sites for hydroxylation is 1. The van der Waals surface area contributed by atoms with Crippen LogP contribution in [0.2, 0.25) is 0 Å². The highest BCUT2D eigenvalue weighted by Crippen LogP contribution is 2.37. The van der Waals surface area contributed by atoms with Gasteiger partial charge < -0.3 is 5.32 Å². The van der Waals surface area contributed by atoms with Gasteiger partial charge in [0.1, 0.15) is 5.54 Å². The first-order valence-electron chi connectivity index (χ1n) is 5.90. The highest BCUT2D eigenvalue weighted by atomic mass is 15.0. The van der Waals surface area contributed by atoms with Crippen LogP contribution < -0.4 is 5.32 Å². The molecule has 0 radical (unpaired) electrons. The predicted molar refractivity (Wildman–Crippen MR) is 66.2 cm³/mol. The average molecular weight is 214 g/mol. The molecule has 2 rings (SSSR count). The lowest BCUT2D eigenvalue weighted by Gasteiger charge is -2.25. The van der Waals surface area contributed by atoms with Gasteiger partial charge in [-0.25, -0.2) is 0 Å². The molecule has 2 heteroatoms. The summed E-state index contributed by atoms with van der Waals surface area (Å²) in [6, 6.07) is 10.6. The van der Waals surface area contributed by atoms with Gasteiger partial charge in [-0.2, -0.15) is 5.26 Å². The standard InChI is InChI=1S/C14H18N2/c1-11-7-8-14(9-11,10-15)16-13-6-4-3-5-12(13)2/h3-6,11,16H,7-9H2,1-2H3. The molecule has 0 heterocycles. The number of benzene rings is 1. The maximum atomic E-state index is 9.37. The van der Waals surface area contributed by atoms with Gasteiger partial charge in [0.05, 0.1) is 6.07 Å². The van der Waals surface area contributed by atoms with E-state index in [1.807, 2.05) is 12.1 Å². The number of hydrogen-bond acceptors (Lipinski definition) is 2. The molecule has 1 aliphatic rings. The van der Waals surface area contributed by atoms with E-state index in [1.165, 1.54) is 5.56 Å². The molecule has 2 nitrogen and oxygen atoms in total. The molecule has 1 aromatic rings. The Morgan fingerprint density at radius 1 is 1.44 bits per heavy atom. The molecule has 0 aromatic heterocycles. The van der Waals surface area contributed by atoms with E-state index < -0.39 is 0 Å². The number of nitrogens with one attached hydrogen (secondary N) is 1. The van der Waals surface area contributed by atoms with Crippen LogP contribution in [0, 0.1) is 24.2 Å². The predicted octanol–water partition coefficient (Wildman–Crippen LogP) is 3.49. The second-order valence-electron chi connectivity index (χ2n) is 4.98. The highest BCUT2D eigenvalue weighted by molar-refractivity contribution is 5.54. The average Bonchev–Trinajstić information content (AvgIpc) is 2.65. The van der Waals surface area contributed by atoms with Crippen molar-refractivity contribution in [1.29, 1.82) is 5.26 Å². The second-order valence-corrected chi connectivity index (χ2v) is 4.98. The summed E-state index contributed by atoms with van der Waals surface area (Å²) in [5, 5.41) is 12.8. The zero-order valence-corrected chi connectivity index (χ0v) is 9.96. The molecule has 1 fully saturated rings. The van der Waals surface area contributed by atoms with E-state index in [0.717, 1.165) is 24.9 Å². The van der Waals surface area contributed by atoms with Crippen molar-refractivity contribution in [1.82, 2.24) is 0 Å². The summed E-state index contributed by atoms with van der Waals surface area (Å²) in [5.74, 6) is 0.649. The molecule has 0 bridgehead atoms. The van der Waals surface area contributed by atoms with Gasteiger partial charge in [0.2, 0.25) is 0 Å². The van der Waals surface area contributed by atoms with E-state index in [9.17, 15) is 5.26 Å². The first-order chi connectivity index (χ1) is 7.65. The molecule has 1 aromatic carbocycles. The van der Waals surface area contributed by atoms with Crippen LogP contribution in [0.25, 0.3) is 0 Å². The van der Waals surface area contributed by atoms with E-state index in [1.54, 1.807) is 0 Å². The summed E-state index contributed by atoms with van der Waals surface area (Å²) in [6.07, 6.45) is 3.06. The van der Waals surface area contributed by atoms with Crippen molar-refractivity contribution >= 4 is 5.69 Å². The van der Waals surface area contributed by atoms with Gasteiger partial charge >= 0.3 is 0 Å². The number of anilines is 1. The Bertz CT molecular complexity index is 419. The summed E-state index contributed by atoms with van der Waals surface area (Å²) in [5.41, 5.74) is 1.96.